The normalized spacial score (nSPS) is 12.8. The number of primary amides is 1. The van der Waals surface area contributed by atoms with Crippen LogP contribution in [-0.2, 0) is 4.79 Å². The van der Waals surface area contributed by atoms with Crippen LogP contribution < -0.4 is 11.5 Å². The summed E-state index contributed by atoms with van der Waals surface area (Å²) in [6.45, 7) is 0. The van der Waals surface area contributed by atoms with Crippen LogP contribution in [-0.4, -0.2) is 5.91 Å². The lowest BCUT2D eigenvalue weighted by Crippen LogP contribution is -2.19. The SMILES string of the molecule is NC(=O)C[C@@H](N)c1cc(Br)c(Br)s1. The Morgan fingerprint density at radius 3 is 2.62 bits per heavy atom. The van der Waals surface area contributed by atoms with E-state index in [1.807, 2.05) is 6.07 Å². The molecule has 13 heavy (non-hydrogen) atoms. The number of hydrogen-bond acceptors (Lipinski definition) is 3. The van der Waals surface area contributed by atoms with Gasteiger partial charge in [0, 0.05) is 21.8 Å². The van der Waals surface area contributed by atoms with Crippen LogP contribution in [0.4, 0.5) is 0 Å². The average molecular weight is 328 g/mol. The molecule has 6 heteroatoms. The second kappa shape index (κ2) is 4.54. The van der Waals surface area contributed by atoms with Crippen LogP contribution in [0.3, 0.4) is 0 Å². The number of thiophene rings is 1. The zero-order valence-corrected chi connectivity index (χ0v) is 10.6. The van der Waals surface area contributed by atoms with Gasteiger partial charge in [0.25, 0.3) is 0 Å². The monoisotopic (exact) mass is 326 g/mol. The minimum absolute atomic E-state index is 0.180. The number of amides is 1. The summed E-state index contributed by atoms with van der Waals surface area (Å²) in [4.78, 5) is 11.5. The predicted molar refractivity (Wildman–Crippen MR) is 60.5 cm³/mol. The van der Waals surface area contributed by atoms with Gasteiger partial charge in [-0.05, 0) is 37.9 Å². The molecule has 72 valence electrons. The molecule has 1 aromatic heterocycles. The summed E-state index contributed by atoms with van der Waals surface area (Å²) in [6.07, 6.45) is 0.180. The van der Waals surface area contributed by atoms with Gasteiger partial charge in [0.15, 0.2) is 0 Å². The zero-order chi connectivity index (χ0) is 10.0. The van der Waals surface area contributed by atoms with Gasteiger partial charge in [-0.2, -0.15) is 0 Å². The fourth-order valence-electron chi connectivity index (χ4n) is 0.863. The van der Waals surface area contributed by atoms with Gasteiger partial charge < -0.3 is 11.5 Å². The van der Waals surface area contributed by atoms with Crippen molar-refractivity contribution in [2.24, 2.45) is 11.5 Å². The first-order valence-electron chi connectivity index (χ1n) is 3.49. The highest BCUT2D eigenvalue weighted by atomic mass is 79.9. The summed E-state index contributed by atoms with van der Waals surface area (Å²) in [7, 11) is 0. The van der Waals surface area contributed by atoms with Crippen molar-refractivity contribution in [1.29, 1.82) is 0 Å². The van der Waals surface area contributed by atoms with Gasteiger partial charge in [-0.1, -0.05) is 0 Å². The first-order chi connectivity index (χ1) is 6.00. The summed E-state index contributed by atoms with van der Waals surface area (Å²) < 4.78 is 1.93. The van der Waals surface area contributed by atoms with E-state index in [1.165, 1.54) is 11.3 Å². The summed E-state index contributed by atoms with van der Waals surface area (Å²) in [5.74, 6) is -0.381. The van der Waals surface area contributed by atoms with Gasteiger partial charge in [-0.25, -0.2) is 0 Å². The third kappa shape index (κ3) is 3.05. The molecule has 0 spiro atoms. The fraction of sp³-hybridized carbons (Fsp3) is 0.286. The van der Waals surface area contributed by atoms with Gasteiger partial charge >= 0.3 is 0 Å². The highest BCUT2D eigenvalue weighted by Gasteiger charge is 2.13. The molecule has 0 aromatic carbocycles. The average Bonchev–Trinajstić information content (AvgIpc) is 2.31. The zero-order valence-electron chi connectivity index (χ0n) is 6.59. The lowest BCUT2D eigenvalue weighted by molar-refractivity contribution is -0.118. The fourth-order valence-corrected chi connectivity index (χ4v) is 2.95. The maximum absolute atomic E-state index is 10.6. The molecule has 0 fully saturated rings. The molecule has 4 N–H and O–H groups in total. The van der Waals surface area contributed by atoms with Crippen LogP contribution >= 0.6 is 43.2 Å². The number of hydrogen-bond donors (Lipinski definition) is 2. The van der Waals surface area contributed by atoms with E-state index in [-0.39, 0.29) is 18.4 Å². The van der Waals surface area contributed by atoms with Crippen molar-refractivity contribution in [2.75, 3.05) is 0 Å². The first kappa shape index (κ1) is 11.2. The molecular weight excluding hydrogens is 320 g/mol. The summed E-state index contributed by atoms with van der Waals surface area (Å²) in [6, 6.07) is 1.59. The van der Waals surface area contributed by atoms with Crippen LogP contribution in [0.2, 0.25) is 0 Å². The number of rotatable bonds is 3. The quantitative estimate of drug-likeness (QED) is 0.893. The Kier molecular flexibility index (Phi) is 3.90. The van der Waals surface area contributed by atoms with Crippen molar-refractivity contribution in [3.8, 4) is 0 Å². The van der Waals surface area contributed by atoms with Crippen LogP contribution in [0.25, 0.3) is 0 Å². The standard InChI is InChI=1S/C7H8Br2N2OS/c8-3-1-5(13-7(3)9)4(10)2-6(11)12/h1,4H,2,10H2,(H2,11,12)/t4-/m1/s1. The molecule has 1 aromatic rings. The van der Waals surface area contributed by atoms with Gasteiger partial charge in [0.1, 0.15) is 0 Å². The van der Waals surface area contributed by atoms with E-state index in [2.05, 4.69) is 31.9 Å². The molecule has 1 heterocycles. The largest absolute Gasteiger partial charge is 0.370 e. The molecule has 0 unspecified atom stereocenters. The van der Waals surface area contributed by atoms with E-state index in [9.17, 15) is 4.79 Å². The third-order valence-electron chi connectivity index (χ3n) is 1.45. The molecule has 3 nitrogen and oxygen atoms in total. The Morgan fingerprint density at radius 1 is 1.62 bits per heavy atom. The Morgan fingerprint density at radius 2 is 2.23 bits per heavy atom. The number of carbonyl (C=O) groups excluding carboxylic acids is 1. The van der Waals surface area contributed by atoms with Crippen LogP contribution in [0.5, 0.6) is 0 Å². The Balaban J connectivity index is 2.77. The number of nitrogens with two attached hydrogens (primary N) is 2. The predicted octanol–water partition coefficient (Wildman–Crippen LogP) is 2.15. The minimum atomic E-state index is -0.381. The lowest BCUT2D eigenvalue weighted by Gasteiger charge is -2.04. The molecule has 0 aliphatic carbocycles. The van der Waals surface area contributed by atoms with Crippen LogP contribution in [0.15, 0.2) is 14.3 Å². The van der Waals surface area contributed by atoms with E-state index >= 15 is 0 Å². The Hall–Kier alpha value is 0.0900. The van der Waals surface area contributed by atoms with E-state index < -0.39 is 0 Å². The van der Waals surface area contributed by atoms with E-state index in [1.54, 1.807) is 0 Å². The lowest BCUT2D eigenvalue weighted by atomic mass is 10.2. The van der Waals surface area contributed by atoms with Crippen LogP contribution in [0.1, 0.15) is 17.3 Å². The van der Waals surface area contributed by atoms with Gasteiger partial charge in [0.05, 0.1) is 3.79 Å². The summed E-state index contributed by atoms with van der Waals surface area (Å²) in [5.41, 5.74) is 10.8. The highest BCUT2D eigenvalue weighted by Crippen LogP contribution is 2.35. The molecule has 0 aliphatic heterocycles. The molecular formula is C7H8Br2N2OS. The number of halogens is 2. The van der Waals surface area contributed by atoms with E-state index in [0.717, 1.165) is 13.1 Å². The first-order valence-corrected chi connectivity index (χ1v) is 5.89. The Labute approximate surface area is 96.7 Å². The molecule has 0 bridgehead atoms. The molecule has 0 saturated carbocycles. The molecule has 1 atom stereocenters. The topological polar surface area (TPSA) is 69.1 Å². The van der Waals surface area contributed by atoms with E-state index in [0.29, 0.717) is 0 Å². The molecule has 1 rings (SSSR count). The van der Waals surface area contributed by atoms with Crippen LogP contribution in [0, 0.1) is 0 Å². The molecule has 0 radical (unpaired) electrons. The van der Waals surface area contributed by atoms with E-state index in [4.69, 9.17) is 11.5 Å². The maximum atomic E-state index is 10.6. The smallest absolute Gasteiger partial charge is 0.219 e. The van der Waals surface area contributed by atoms with Crippen molar-refractivity contribution in [1.82, 2.24) is 0 Å². The second-order valence-corrected chi connectivity index (χ2v) is 5.80. The van der Waals surface area contributed by atoms with Gasteiger partial charge in [-0.3, -0.25) is 4.79 Å². The maximum Gasteiger partial charge on any atom is 0.219 e. The second-order valence-electron chi connectivity index (χ2n) is 2.55. The molecule has 0 aliphatic rings. The van der Waals surface area contributed by atoms with Crippen molar-refractivity contribution in [3.05, 3.63) is 19.2 Å². The molecule has 1 amide bonds. The number of carbonyl (C=O) groups is 1. The minimum Gasteiger partial charge on any atom is -0.370 e. The third-order valence-corrected chi connectivity index (χ3v) is 4.84. The highest BCUT2D eigenvalue weighted by molar-refractivity contribution is 9.13. The Bertz CT molecular complexity index is 307. The van der Waals surface area contributed by atoms with Gasteiger partial charge in [0.2, 0.25) is 5.91 Å². The van der Waals surface area contributed by atoms with Crippen molar-refractivity contribution in [2.45, 2.75) is 12.5 Å². The van der Waals surface area contributed by atoms with Crippen molar-refractivity contribution in [3.63, 3.8) is 0 Å². The van der Waals surface area contributed by atoms with Crippen molar-refractivity contribution < 1.29 is 4.79 Å². The summed E-state index contributed by atoms with van der Waals surface area (Å²) >= 11 is 8.19. The van der Waals surface area contributed by atoms with Crippen molar-refractivity contribution >= 4 is 49.1 Å². The van der Waals surface area contributed by atoms with Gasteiger partial charge in [-0.15, -0.1) is 11.3 Å². The summed E-state index contributed by atoms with van der Waals surface area (Å²) in [5, 5.41) is 0. The molecule has 0 saturated heterocycles.